The van der Waals surface area contributed by atoms with Crippen molar-refractivity contribution >= 4 is 23.5 Å². The summed E-state index contributed by atoms with van der Waals surface area (Å²) in [4.78, 5) is 6.74. The van der Waals surface area contributed by atoms with E-state index in [1.165, 1.54) is 4.91 Å². The van der Waals surface area contributed by atoms with E-state index in [9.17, 15) is 0 Å². The minimum absolute atomic E-state index is 0.488. The molecule has 4 heteroatoms. The van der Waals surface area contributed by atoms with Crippen LogP contribution in [0, 0.1) is 0 Å². The molecule has 1 N–H and O–H groups in total. The Hall–Kier alpha value is -0.320. The number of rotatable bonds is 0. The molecule has 2 atom stereocenters. The monoisotopic (exact) mass is 211 g/mol. The van der Waals surface area contributed by atoms with E-state index in [0.717, 1.165) is 12.3 Å². The van der Waals surface area contributed by atoms with E-state index in [1.807, 2.05) is 23.5 Å². The Bertz CT molecular complexity index is 316. The molecule has 0 aromatic heterocycles. The van der Waals surface area contributed by atoms with Crippen molar-refractivity contribution in [2.75, 3.05) is 6.54 Å². The summed E-state index contributed by atoms with van der Waals surface area (Å²) in [5, 5.41) is 3.21. The zero-order chi connectivity index (χ0) is 8.67. The molecular formula is C9H9NOS2. The van der Waals surface area contributed by atoms with Gasteiger partial charge in [-0.3, -0.25) is 0 Å². The minimum atomic E-state index is 0.488. The van der Waals surface area contributed by atoms with Crippen molar-refractivity contribution in [3.63, 3.8) is 0 Å². The summed E-state index contributed by atoms with van der Waals surface area (Å²) < 4.78 is 0. The van der Waals surface area contributed by atoms with Crippen LogP contribution in [0.2, 0.25) is 0 Å². The van der Waals surface area contributed by atoms with Gasteiger partial charge in [-0.15, -0.1) is 23.5 Å². The molecule has 3 heterocycles. The van der Waals surface area contributed by atoms with Crippen LogP contribution in [0.25, 0.3) is 0 Å². The average molecular weight is 211 g/mol. The van der Waals surface area contributed by atoms with Gasteiger partial charge in [0.05, 0.1) is 17.0 Å². The van der Waals surface area contributed by atoms with Crippen molar-refractivity contribution in [3.8, 4) is 0 Å². The van der Waals surface area contributed by atoms with Gasteiger partial charge in [-0.1, -0.05) is 6.08 Å². The van der Waals surface area contributed by atoms with Gasteiger partial charge in [-0.05, 0) is 17.6 Å². The average Bonchev–Trinajstić information content (AvgIpc) is 2.72. The number of fused-ring (bicyclic) bond motifs is 2. The molecule has 3 aliphatic rings. The Labute approximate surface area is 85.4 Å². The third-order valence-corrected chi connectivity index (χ3v) is 4.77. The van der Waals surface area contributed by atoms with Crippen LogP contribution >= 0.6 is 23.5 Å². The lowest BCUT2D eigenvalue weighted by atomic mass is 10.3. The molecule has 0 aromatic carbocycles. The third-order valence-electron chi connectivity index (χ3n) is 2.24. The topological polar surface area (TPSA) is 21.3 Å². The highest BCUT2D eigenvalue weighted by atomic mass is 32.2. The summed E-state index contributed by atoms with van der Waals surface area (Å²) in [5.74, 6) is 1.07. The fourth-order valence-electron chi connectivity index (χ4n) is 1.56. The first kappa shape index (κ1) is 8.03. The highest BCUT2D eigenvalue weighted by Crippen LogP contribution is 2.42. The molecule has 0 bridgehead atoms. The van der Waals surface area contributed by atoms with E-state index in [0.29, 0.717) is 10.5 Å². The normalized spacial score (nSPS) is 35.7. The summed E-state index contributed by atoms with van der Waals surface area (Å²) in [6, 6.07) is 0. The predicted molar refractivity (Wildman–Crippen MR) is 57.2 cm³/mol. The van der Waals surface area contributed by atoms with Crippen molar-refractivity contribution in [2.45, 2.75) is 10.5 Å². The van der Waals surface area contributed by atoms with Crippen LogP contribution in [0.3, 0.4) is 0 Å². The lowest BCUT2D eigenvalue weighted by Crippen LogP contribution is -2.12. The van der Waals surface area contributed by atoms with Gasteiger partial charge in [-0.25, -0.2) is 0 Å². The molecule has 0 spiro atoms. The second kappa shape index (κ2) is 3.12. The van der Waals surface area contributed by atoms with E-state index in [-0.39, 0.29) is 0 Å². The number of hydrogen-bond acceptors (Lipinski definition) is 4. The van der Waals surface area contributed by atoms with Crippen molar-refractivity contribution < 1.29 is 4.84 Å². The molecule has 0 amide bonds. The fraction of sp³-hybridized carbons (Fsp3) is 0.333. The van der Waals surface area contributed by atoms with Gasteiger partial charge < -0.3 is 4.84 Å². The fourth-order valence-corrected chi connectivity index (χ4v) is 3.91. The number of hydroxylamine groups is 1. The predicted octanol–water partition coefficient (Wildman–Crippen LogP) is 2.03. The molecule has 2 unspecified atom stereocenters. The van der Waals surface area contributed by atoms with Crippen LogP contribution in [-0.2, 0) is 4.84 Å². The maximum Gasteiger partial charge on any atom is 0.138 e. The van der Waals surface area contributed by atoms with Gasteiger partial charge in [-0.2, -0.15) is 5.48 Å². The van der Waals surface area contributed by atoms with Crippen molar-refractivity contribution in [1.82, 2.24) is 5.48 Å². The largest absolute Gasteiger partial charge is 0.412 e. The van der Waals surface area contributed by atoms with E-state index in [1.54, 1.807) is 0 Å². The lowest BCUT2D eigenvalue weighted by molar-refractivity contribution is 0.156. The number of nitrogens with one attached hydrogen (secondary N) is 1. The molecule has 2 nitrogen and oxygen atoms in total. The number of thioether (sulfide) groups is 2. The molecule has 1 saturated heterocycles. The van der Waals surface area contributed by atoms with Crippen LogP contribution in [-0.4, -0.2) is 17.0 Å². The van der Waals surface area contributed by atoms with Gasteiger partial charge in [0.15, 0.2) is 0 Å². The standard InChI is InChI=1S/C9H9NOS2/c1-2-7-8(3-4-12-7)13-9-5-10-11-6(1)9/h1-4,8-10H,5H2. The van der Waals surface area contributed by atoms with Gasteiger partial charge in [0.1, 0.15) is 5.76 Å². The van der Waals surface area contributed by atoms with Crippen LogP contribution in [0.15, 0.2) is 34.3 Å². The summed E-state index contributed by atoms with van der Waals surface area (Å²) in [7, 11) is 0. The van der Waals surface area contributed by atoms with Crippen LogP contribution in [0.4, 0.5) is 0 Å². The summed E-state index contributed by atoms with van der Waals surface area (Å²) >= 11 is 3.78. The summed E-state index contributed by atoms with van der Waals surface area (Å²) in [6.45, 7) is 0.923. The Kier molecular flexibility index (Phi) is 1.92. The summed E-state index contributed by atoms with van der Waals surface area (Å²) in [6.07, 6.45) is 6.52. The quantitative estimate of drug-likeness (QED) is 0.661. The first-order chi connectivity index (χ1) is 6.43. The van der Waals surface area contributed by atoms with Crippen LogP contribution in [0.5, 0.6) is 0 Å². The Morgan fingerprint density at radius 2 is 2.46 bits per heavy atom. The molecule has 0 aromatic rings. The number of hydrogen-bond donors (Lipinski definition) is 1. The Morgan fingerprint density at radius 1 is 1.46 bits per heavy atom. The molecule has 0 aliphatic carbocycles. The molecule has 13 heavy (non-hydrogen) atoms. The maximum atomic E-state index is 5.31. The van der Waals surface area contributed by atoms with Gasteiger partial charge in [0, 0.05) is 4.91 Å². The van der Waals surface area contributed by atoms with Gasteiger partial charge in [0.25, 0.3) is 0 Å². The molecule has 3 rings (SSSR count). The Balaban J connectivity index is 1.93. The van der Waals surface area contributed by atoms with Gasteiger partial charge >= 0.3 is 0 Å². The molecule has 68 valence electrons. The van der Waals surface area contributed by atoms with E-state index < -0.39 is 0 Å². The molecule has 1 fully saturated rings. The summed E-state index contributed by atoms with van der Waals surface area (Å²) in [5.41, 5.74) is 2.92. The maximum absolute atomic E-state index is 5.31. The van der Waals surface area contributed by atoms with Crippen molar-refractivity contribution in [1.29, 1.82) is 0 Å². The molecule has 3 aliphatic heterocycles. The van der Waals surface area contributed by atoms with E-state index >= 15 is 0 Å². The molecular weight excluding hydrogens is 202 g/mol. The zero-order valence-corrected chi connectivity index (χ0v) is 8.53. The first-order valence-electron chi connectivity index (χ1n) is 4.24. The molecule has 0 radical (unpaired) electrons. The zero-order valence-electron chi connectivity index (χ0n) is 6.90. The third kappa shape index (κ3) is 1.33. The smallest absolute Gasteiger partial charge is 0.138 e. The van der Waals surface area contributed by atoms with Crippen LogP contribution in [0.1, 0.15) is 0 Å². The Morgan fingerprint density at radius 3 is 3.46 bits per heavy atom. The van der Waals surface area contributed by atoms with E-state index in [4.69, 9.17) is 4.84 Å². The highest BCUT2D eigenvalue weighted by molar-refractivity contribution is 8.09. The molecule has 0 saturated carbocycles. The first-order valence-corrected chi connectivity index (χ1v) is 6.06. The highest BCUT2D eigenvalue weighted by Gasteiger charge is 2.30. The second-order valence-corrected chi connectivity index (χ2v) is 5.41. The second-order valence-electron chi connectivity index (χ2n) is 3.08. The lowest BCUT2D eigenvalue weighted by Gasteiger charge is -2.11. The van der Waals surface area contributed by atoms with Crippen molar-refractivity contribution in [2.24, 2.45) is 0 Å². The SMILES string of the molecule is C1=CC2SC3CNOC3=CC=C2S1. The van der Waals surface area contributed by atoms with E-state index in [2.05, 4.69) is 29.1 Å². The number of allylic oxidation sites excluding steroid dienone is 2. The van der Waals surface area contributed by atoms with Crippen molar-refractivity contribution in [3.05, 3.63) is 34.3 Å². The van der Waals surface area contributed by atoms with Gasteiger partial charge in [0.2, 0.25) is 0 Å². The van der Waals surface area contributed by atoms with Crippen LogP contribution < -0.4 is 5.48 Å². The minimum Gasteiger partial charge on any atom is -0.412 e.